The molecule has 1 aromatic carbocycles. The highest BCUT2D eigenvalue weighted by molar-refractivity contribution is 7.89. The summed E-state index contributed by atoms with van der Waals surface area (Å²) in [5, 5.41) is 0. The zero-order chi connectivity index (χ0) is 14.9. The third-order valence-electron chi connectivity index (χ3n) is 3.77. The molecule has 1 aromatic rings. The Hall–Kier alpha value is -1.34. The van der Waals surface area contributed by atoms with E-state index in [1.807, 2.05) is 0 Å². The van der Waals surface area contributed by atoms with Crippen molar-refractivity contribution in [3.05, 3.63) is 17.9 Å². The number of hydrogen-bond donors (Lipinski definition) is 1. The van der Waals surface area contributed by atoms with Gasteiger partial charge in [0.15, 0.2) is 11.6 Å². The van der Waals surface area contributed by atoms with Gasteiger partial charge in [-0.3, -0.25) is 0 Å². The zero-order valence-electron chi connectivity index (χ0n) is 11.6. The molecule has 5 nitrogen and oxygen atoms in total. The highest BCUT2D eigenvalue weighted by Gasteiger charge is 2.31. The molecular weight excluding hydrogens is 283 g/mol. The van der Waals surface area contributed by atoms with Crippen LogP contribution in [-0.2, 0) is 10.0 Å². The number of sulfonamides is 1. The lowest BCUT2D eigenvalue weighted by molar-refractivity contribution is 0.371. The summed E-state index contributed by atoms with van der Waals surface area (Å²) in [6.45, 7) is 0. The van der Waals surface area contributed by atoms with E-state index in [0.29, 0.717) is 0 Å². The maximum absolute atomic E-state index is 13.8. The number of nitrogens with zero attached hydrogens (tertiary/aromatic N) is 1. The fourth-order valence-corrected chi connectivity index (χ4v) is 4.05. The van der Waals surface area contributed by atoms with Crippen LogP contribution in [0.3, 0.4) is 0 Å². The summed E-state index contributed by atoms with van der Waals surface area (Å²) in [5.41, 5.74) is 5.61. The highest BCUT2D eigenvalue weighted by Crippen LogP contribution is 2.32. The highest BCUT2D eigenvalue weighted by atomic mass is 32.2. The van der Waals surface area contributed by atoms with Crippen LogP contribution in [0.2, 0.25) is 0 Å². The molecule has 2 rings (SSSR count). The van der Waals surface area contributed by atoms with Crippen LogP contribution in [0.15, 0.2) is 17.0 Å². The smallest absolute Gasteiger partial charge is 0.243 e. The number of halogens is 1. The first-order valence-electron chi connectivity index (χ1n) is 6.49. The summed E-state index contributed by atoms with van der Waals surface area (Å²) in [4.78, 5) is -0.136. The number of rotatable bonds is 4. The third-order valence-corrected chi connectivity index (χ3v) is 5.65. The first-order valence-corrected chi connectivity index (χ1v) is 7.93. The Morgan fingerprint density at radius 1 is 1.35 bits per heavy atom. The number of nitrogens with two attached hydrogens (primary N) is 1. The van der Waals surface area contributed by atoms with Gasteiger partial charge in [-0.05, 0) is 25.0 Å². The average Bonchev–Trinajstić information content (AvgIpc) is 2.91. The van der Waals surface area contributed by atoms with Crippen molar-refractivity contribution >= 4 is 15.7 Å². The number of benzene rings is 1. The van der Waals surface area contributed by atoms with Gasteiger partial charge in [0.1, 0.15) is 0 Å². The van der Waals surface area contributed by atoms with E-state index in [2.05, 4.69) is 0 Å². The van der Waals surface area contributed by atoms with Gasteiger partial charge in [0, 0.05) is 13.1 Å². The number of anilines is 1. The van der Waals surface area contributed by atoms with Crippen LogP contribution in [0, 0.1) is 5.82 Å². The molecule has 2 N–H and O–H groups in total. The Bertz CT molecular complexity index is 575. The van der Waals surface area contributed by atoms with Crippen molar-refractivity contribution in [1.29, 1.82) is 0 Å². The number of ether oxygens (including phenoxy) is 1. The Balaban J connectivity index is 2.39. The molecule has 1 fully saturated rings. The molecule has 0 amide bonds. The molecule has 0 bridgehead atoms. The maximum Gasteiger partial charge on any atom is 0.243 e. The first-order chi connectivity index (χ1) is 9.37. The lowest BCUT2D eigenvalue weighted by Crippen LogP contribution is -2.35. The van der Waals surface area contributed by atoms with Gasteiger partial charge < -0.3 is 10.5 Å². The zero-order valence-corrected chi connectivity index (χ0v) is 12.4. The molecule has 7 heteroatoms. The van der Waals surface area contributed by atoms with Crippen molar-refractivity contribution in [2.24, 2.45) is 0 Å². The van der Waals surface area contributed by atoms with Crippen LogP contribution < -0.4 is 10.5 Å². The Morgan fingerprint density at radius 2 is 1.95 bits per heavy atom. The summed E-state index contributed by atoms with van der Waals surface area (Å²) in [6.07, 6.45) is 3.71. The topological polar surface area (TPSA) is 72.6 Å². The molecule has 0 atom stereocenters. The van der Waals surface area contributed by atoms with Crippen LogP contribution in [0.5, 0.6) is 5.75 Å². The van der Waals surface area contributed by atoms with Gasteiger partial charge >= 0.3 is 0 Å². The molecule has 1 aliphatic carbocycles. The van der Waals surface area contributed by atoms with Gasteiger partial charge in [-0.25, -0.2) is 12.8 Å². The summed E-state index contributed by atoms with van der Waals surface area (Å²) >= 11 is 0. The number of nitrogen functional groups attached to an aromatic ring is 1. The van der Waals surface area contributed by atoms with E-state index in [0.717, 1.165) is 31.7 Å². The van der Waals surface area contributed by atoms with E-state index in [9.17, 15) is 12.8 Å². The Labute approximate surface area is 118 Å². The van der Waals surface area contributed by atoms with E-state index >= 15 is 0 Å². The third kappa shape index (κ3) is 2.60. The van der Waals surface area contributed by atoms with E-state index in [-0.39, 0.29) is 22.4 Å². The van der Waals surface area contributed by atoms with Crippen molar-refractivity contribution in [2.75, 3.05) is 19.9 Å². The van der Waals surface area contributed by atoms with Crippen molar-refractivity contribution in [3.63, 3.8) is 0 Å². The normalized spacial score (nSPS) is 16.8. The molecule has 0 heterocycles. The van der Waals surface area contributed by atoms with Crippen LogP contribution in [0.4, 0.5) is 10.1 Å². The summed E-state index contributed by atoms with van der Waals surface area (Å²) in [7, 11) is -0.918. The van der Waals surface area contributed by atoms with E-state index in [1.54, 1.807) is 0 Å². The van der Waals surface area contributed by atoms with E-state index in [1.165, 1.54) is 24.5 Å². The van der Waals surface area contributed by atoms with Crippen molar-refractivity contribution in [1.82, 2.24) is 4.31 Å². The van der Waals surface area contributed by atoms with Gasteiger partial charge in [-0.2, -0.15) is 4.31 Å². The molecule has 0 saturated heterocycles. The van der Waals surface area contributed by atoms with Gasteiger partial charge in [0.25, 0.3) is 0 Å². The largest absolute Gasteiger partial charge is 0.492 e. The monoisotopic (exact) mass is 302 g/mol. The Morgan fingerprint density at radius 3 is 2.45 bits per heavy atom. The fourth-order valence-electron chi connectivity index (χ4n) is 2.58. The maximum atomic E-state index is 13.8. The lowest BCUT2D eigenvalue weighted by Gasteiger charge is -2.24. The van der Waals surface area contributed by atoms with Crippen LogP contribution in [-0.4, -0.2) is 32.9 Å². The number of methoxy groups -OCH3 is 1. The minimum Gasteiger partial charge on any atom is -0.492 e. The molecule has 1 aliphatic rings. The predicted molar refractivity (Wildman–Crippen MR) is 74.6 cm³/mol. The average molecular weight is 302 g/mol. The second kappa shape index (κ2) is 5.57. The SMILES string of the molecule is COc1c(N)cc(S(=O)(=O)N(C)C2CCCC2)cc1F. The standard InChI is InChI=1S/C13H19FN2O3S/c1-16(9-5-3-4-6-9)20(17,18)10-7-11(14)13(19-2)12(15)8-10/h7-9H,3-6,15H2,1-2H3. The molecule has 1 saturated carbocycles. The summed E-state index contributed by atoms with van der Waals surface area (Å²) in [6, 6.07) is 2.17. The second-order valence-corrected chi connectivity index (χ2v) is 6.98. The molecule has 0 spiro atoms. The minimum atomic E-state index is -3.73. The molecular formula is C13H19FN2O3S. The molecule has 0 aliphatic heterocycles. The summed E-state index contributed by atoms with van der Waals surface area (Å²) in [5.74, 6) is -0.904. The second-order valence-electron chi connectivity index (χ2n) is 4.99. The van der Waals surface area contributed by atoms with Gasteiger partial charge in [0.05, 0.1) is 17.7 Å². The molecule has 0 radical (unpaired) electrons. The van der Waals surface area contributed by atoms with Crippen molar-refractivity contribution < 1.29 is 17.5 Å². The first kappa shape index (κ1) is 15.1. The van der Waals surface area contributed by atoms with Crippen LogP contribution >= 0.6 is 0 Å². The van der Waals surface area contributed by atoms with E-state index in [4.69, 9.17) is 10.5 Å². The molecule has 0 unspecified atom stereocenters. The Kier molecular flexibility index (Phi) is 4.19. The number of hydrogen-bond acceptors (Lipinski definition) is 4. The summed E-state index contributed by atoms with van der Waals surface area (Å²) < 4.78 is 44.9. The quantitative estimate of drug-likeness (QED) is 0.863. The molecule has 20 heavy (non-hydrogen) atoms. The van der Waals surface area contributed by atoms with E-state index < -0.39 is 15.8 Å². The van der Waals surface area contributed by atoms with Crippen LogP contribution in [0.25, 0.3) is 0 Å². The van der Waals surface area contributed by atoms with Gasteiger partial charge in [-0.15, -0.1) is 0 Å². The lowest BCUT2D eigenvalue weighted by atomic mass is 10.3. The van der Waals surface area contributed by atoms with Crippen molar-refractivity contribution in [2.45, 2.75) is 36.6 Å². The molecule has 0 aromatic heterocycles. The van der Waals surface area contributed by atoms with Gasteiger partial charge in [0.2, 0.25) is 10.0 Å². The van der Waals surface area contributed by atoms with Gasteiger partial charge in [-0.1, -0.05) is 12.8 Å². The van der Waals surface area contributed by atoms with Crippen molar-refractivity contribution in [3.8, 4) is 5.75 Å². The van der Waals surface area contributed by atoms with Crippen LogP contribution in [0.1, 0.15) is 25.7 Å². The fraction of sp³-hybridized carbons (Fsp3) is 0.538. The molecule has 112 valence electrons. The predicted octanol–water partition coefficient (Wildman–Crippen LogP) is 1.98. The minimum absolute atomic E-state index is 0.0219.